The third-order valence-electron chi connectivity index (χ3n) is 4.02. The highest BCUT2D eigenvalue weighted by Gasteiger charge is 2.36. The molecule has 1 aromatic carbocycles. The van der Waals surface area contributed by atoms with Crippen molar-refractivity contribution in [3.8, 4) is 0 Å². The van der Waals surface area contributed by atoms with Crippen LogP contribution in [0.3, 0.4) is 0 Å². The third-order valence-corrected chi connectivity index (χ3v) is 4.02. The number of carbonyl (C=O) groups is 1. The van der Waals surface area contributed by atoms with E-state index in [1.807, 2.05) is 0 Å². The molecule has 0 radical (unpaired) electrons. The van der Waals surface area contributed by atoms with Crippen molar-refractivity contribution < 1.29 is 9.53 Å². The number of carbonyl (C=O) groups excluding carboxylic acids is 1. The molecule has 2 rings (SSSR count). The van der Waals surface area contributed by atoms with Gasteiger partial charge < -0.3 is 10.1 Å². The van der Waals surface area contributed by atoms with E-state index in [1.165, 1.54) is 24.7 Å². The van der Waals surface area contributed by atoms with E-state index in [0.29, 0.717) is 6.42 Å². The van der Waals surface area contributed by atoms with Crippen molar-refractivity contribution in [2.75, 3.05) is 13.7 Å². The van der Waals surface area contributed by atoms with Gasteiger partial charge in [0.15, 0.2) is 0 Å². The number of hydrogen-bond acceptors (Lipinski definition) is 3. The summed E-state index contributed by atoms with van der Waals surface area (Å²) in [7, 11) is 1.46. The van der Waals surface area contributed by atoms with Gasteiger partial charge in [-0.25, -0.2) is 0 Å². The number of nitrogens with one attached hydrogen (secondary N) is 1. The zero-order valence-corrected chi connectivity index (χ0v) is 11.9. The molecule has 0 aromatic heterocycles. The summed E-state index contributed by atoms with van der Waals surface area (Å²) >= 11 is 0. The second-order valence-electron chi connectivity index (χ2n) is 5.23. The Morgan fingerprint density at radius 2 is 2.16 bits per heavy atom. The maximum atomic E-state index is 11.8. The zero-order chi connectivity index (χ0) is 13.7. The first kappa shape index (κ1) is 14.1. The van der Waals surface area contributed by atoms with Crippen LogP contribution in [0.15, 0.2) is 24.3 Å². The number of hydrogen-bond donors (Lipinski definition) is 1. The zero-order valence-electron chi connectivity index (χ0n) is 11.9. The molecule has 0 saturated heterocycles. The van der Waals surface area contributed by atoms with E-state index in [9.17, 15) is 4.79 Å². The van der Waals surface area contributed by atoms with Gasteiger partial charge >= 0.3 is 5.97 Å². The maximum Gasteiger partial charge on any atom is 0.307 e. The summed E-state index contributed by atoms with van der Waals surface area (Å²) in [5.74, 6) is -0.141. The quantitative estimate of drug-likeness (QED) is 0.669. The number of methoxy groups -OCH3 is 1. The molecule has 19 heavy (non-hydrogen) atoms. The molecule has 3 heteroatoms. The molecule has 0 aliphatic heterocycles. The van der Waals surface area contributed by atoms with Crippen molar-refractivity contribution in [1.82, 2.24) is 5.32 Å². The first-order valence-corrected chi connectivity index (χ1v) is 7.12. The van der Waals surface area contributed by atoms with Crippen LogP contribution in [-0.4, -0.2) is 19.6 Å². The van der Waals surface area contributed by atoms with Gasteiger partial charge in [0.25, 0.3) is 0 Å². The van der Waals surface area contributed by atoms with E-state index < -0.39 is 0 Å². The summed E-state index contributed by atoms with van der Waals surface area (Å²) in [6.45, 7) is 2.94. The Morgan fingerprint density at radius 1 is 1.37 bits per heavy atom. The number of esters is 1. The van der Waals surface area contributed by atoms with Crippen molar-refractivity contribution in [2.45, 2.75) is 44.6 Å². The number of ether oxygens (including phenoxy) is 1. The fourth-order valence-electron chi connectivity index (χ4n) is 3.17. The van der Waals surface area contributed by atoms with Gasteiger partial charge in [-0.2, -0.15) is 0 Å². The van der Waals surface area contributed by atoms with Crippen LogP contribution in [0.1, 0.15) is 43.7 Å². The predicted molar refractivity (Wildman–Crippen MR) is 76.0 cm³/mol. The summed E-state index contributed by atoms with van der Waals surface area (Å²) < 4.78 is 4.90. The Morgan fingerprint density at radius 3 is 2.89 bits per heavy atom. The van der Waals surface area contributed by atoms with E-state index in [-0.39, 0.29) is 11.5 Å². The van der Waals surface area contributed by atoms with Gasteiger partial charge in [-0.3, -0.25) is 4.79 Å². The van der Waals surface area contributed by atoms with Crippen molar-refractivity contribution in [2.24, 2.45) is 0 Å². The molecule has 0 bridgehead atoms. The highest BCUT2D eigenvalue weighted by atomic mass is 16.5. The van der Waals surface area contributed by atoms with Gasteiger partial charge in [-0.05, 0) is 36.9 Å². The minimum Gasteiger partial charge on any atom is -0.469 e. The van der Waals surface area contributed by atoms with Crippen LogP contribution in [0.4, 0.5) is 0 Å². The molecule has 1 atom stereocenters. The largest absolute Gasteiger partial charge is 0.469 e. The average molecular weight is 261 g/mol. The standard InChI is InChI=1S/C16H23NO2/c1-3-17-16(12-15(18)19-2)11-7-6-9-13-8-4-5-10-14(13)16/h4-5,8,10,17H,3,6-7,9,11-12H2,1-2H3. The molecule has 1 aromatic rings. The van der Waals surface area contributed by atoms with Crippen LogP contribution in [0.5, 0.6) is 0 Å². The molecule has 0 spiro atoms. The molecular weight excluding hydrogens is 238 g/mol. The molecule has 0 fully saturated rings. The summed E-state index contributed by atoms with van der Waals surface area (Å²) in [5.41, 5.74) is 2.39. The average Bonchev–Trinajstić information content (AvgIpc) is 2.60. The van der Waals surface area contributed by atoms with E-state index in [0.717, 1.165) is 25.8 Å². The first-order valence-electron chi connectivity index (χ1n) is 7.12. The smallest absolute Gasteiger partial charge is 0.307 e. The SMILES string of the molecule is CCNC1(CC(=O)OC)CCCCc2ccccc21. The molecule has 1 unspecified atom stereocenters. The number of rotatable bonds is 4. The predicted octanol–water partition coefficient (Wildman–Crippen LogP) is 2.78. The van der Waals surface area contributed by atoms with Crippen LogP contribution >= 0.6 is 0 Å². The lowest BCUT2D eigenvalue weighted by atomic mass is 9.81. The maximum absolute atomic E-state index is 11.8. The van der Waals surface area contributed by atoms with E-state index in [2.05, 4.69) is 36.5 Å². The van der Waals surface area contributed by atoms with Gasteiger partial charge in [0.2, 0.25) is 0 Å². The summed E-state index contributed by atoms with van der Waals surface area (Å²) in [6.07, 6.45) is 4.83. The molecule has 1 aliphatic rings. The second-order valence-corrected chi connectivity index (χ2v) is 5.23. The molecule has 0 amide bonds. The normalized spacial score (nSPS) is 22.4. The Kier molecular flexibility index (Phi) is 4.59. The third kappa shape index (κ3) is 2.98. The van der Waals surface area contributed by atoms with Crippen molar-refractivity contribution in [3.05, 3.63) is 35.4 Å². The van der Waals surface area contributed by atoms with E-state index in [1.54, 1.807) is 0 Å². The Labute approximate surface area is 115 Å². The molecule has 0 heterocycles. The van der Waals surface area contributed by atoms with Crippen molar-refractivity contribution in [1.29, 1.82) is 0 Å². The highest BCUT2D eigenvalue weighted by molar-refractivity contribution is 5.71. The molecule has 0 saturated carbocycles. The van der Waals surface area contributed by atoms with Crippen LogP contribution in [0.25, 0.3) is 0 Å². The van der Waals surface area contributed by atoms with E-state index in [4.69, 9.17) is 4.74 Å². The highest BCUT2D eigenvalue weighted by Crippen LogP contribution is 2.37. The lowest BCUT2D eigenvalue weighted by molar-refractivity contribution is -0.142. The number of benzene rings is 1. The summed E-state index contributed by atoms with van der Waals surface area (Å²) in [4.78, 5) is 11.8. The summed E-state index contributed by atoms with van der Waals surface area (Å²) in [6, 6.07) is 8.49. The monoisotopic (exact) mass is 261 g/mol. The molecule has 1 aliphatic carbocycles. The van der Waals surface area contributed by atoms with E-state index >= 15 is 0 Å². The van der Waals surface area contributed by atoms with Gasteiger partial charge in [-0.15, -0.1) is 0 Å². The van der Waals surface area contributed by atoms with Gasteiger partial charge in [0.1, 0.15) is 0 Å². The molecule has 104 valence electrons. The number of aryl methyl sites for hydroxylation is 1. The second kappa shape index (κ2) is 6.20. The summed E-state index contributed by atoms with van der Waals surface area (Å²) in [5, 5.41) is 3.56. The Bertz CT molecular complexity index is 444. The Hall–Kier alpha value is -1.35. The van der Waals surface area contributed by atoms with Gasteiger partial charge in [-0.1, -0.05) is 37.6 Å². The van der Waals surface area contributed by atoms with Crippen molar-refractivity contribution in [3.63, 3.8) is 0 Å². The molecule has 1 N–H and O–H groups in total. The van der Waals surface area contributed by atoms with Gasteiger partial charge in [0.05, 0.1) is 19.1 Å². The van der Waals surface area contributed by atoms with Gasteiger partial charge in [0, 0.05) is 0 Å². The molecule has 3 nitrogen and oxygen atoms in total. The fraction of sp³-hybridized carbons (Fsp3) is 0.562. The fourth-order valence-corrected chi connectivity index (χ4v) is 3.17. The lowest BCUT2D eigenvalue weighted by Gasteiger charge is -2.34. The number of fused-ring (bicyclic) bond motifs is 1. The van der Waals surface area contributed by atoms with Crippen LogP contribution < -0.4 is 5.32 Å². The van der Waals surface area contributed by atoms with Crippen LogP contribution in [0, 0.1) is 0 Å². The lowest BCUT2D eigenvalue weighted by Crippen LogP contribution is -2.44. The first-order chi connectivity index (χ1) is 9.22. The van der Waals surface area contributed by atoms with Crippen molar-refractivity contribution >= 4 is 5.97 Å². The topological polar surface area (TPSA) is 38.3 Å². The van der Waals surface area contributed by atoms with Crippen LogP contribution in [-0.2, 0) is 21.5 Å². The Balaban J connectivity index is 2.42. The molecular formula is C16H23NO2. The minimum absolute atomic E-state index is 0.141. The minimum atomic E-state index is -0.255. The van der Waals surface area contributed by atoms with Crippen LogP contribution in [0.2, 0.25) is 0 Å².